The fraction of sp³-hybridized carbons (Fsp3) is 0. The molecule has 0 fully saturated rings. The number of phenolic OH excluding ortho intramolecular Hbond substituents is 1. The molecule has 0 atom stereocenters. The summed E-state index contributed by atoms with van der Waals surface area (Å²) in [5, 5.41) is 8.57. The van der Waals surface area contributed by atoms with Crippen molar-refractivity contribution in [1.82, 2.24) is 0 Å². The smallest absolute Gasteiger partial charge is 0.126 e. The van der Waals surface area contributed by atoms with Gasteiger partial charge in [0.15, 0.2) is 0 Å². The second-order valence-corrected chi connectivity index (χ2v) is 1.48. The van der Waals surface area contributed by atoms with E-state index in [1.807, 2.05) is 0 Å². The summed E-state index contributed by atoms with van der Waals surface area (Å²) in [5.41, 5.74) is 0. The molecule has 0 heterocycles. The van der Waals surface area contributed by atoms with Crippen LogP contribution >= 0.6 is 0 Å². The van der Waals surface area contributed by atoms with Crippen molar-refractivity contribution in [1.29, 1.82) is 0 Å². The summed E-state index contributed by atoms with van der Waals surface area (Å²) < 4.78 is 12.0. The molecule has 0 amide bonds. The predicted molar refractivity (Wildman–Crippen MR) is 39.3 cm³/mol. The molecular formula is C8H9FO. The molecule has 0 saturated carbocycles. The molecule has 0 aliphatic heterocycles. The first-order valence-electron chi connectivity index (χ1n) is 2.73. The quantitative estimate of drug-likeness (QED) is 0.548. The van der Waals surface area contributed by atoms with Crippen LogP contribution in [-0.4, -0.2) is 5.11 Å². The third-order valence-corrected chi connectivity index (χ3v) is 0.808. The van der Waals surface area contributed by atoms with E-state index in [1.165, 1.54) is 18.2 Å². The largest absolute Gasteiger partial charge is 0.508 e. The van der Waals surface area contributed by atoms with Crippen LogP contribution in [0, 0.1) is 5.82 Å². The normalized spacial score (nSPS) is 7.70. The van der Waals surface area contributed by atoms with Crippen molar-refractivity contribution >= 4 is 0 Å². The van der Waals surface area contributed by atoms with E-state index in [1.54, 1.807) is 0 Å². The van der Waals surface area contributed by atoms with E-state index in [0.29, 0.717) is 0 Å². The molecular weight excluding hydrogens is 131 g/mol. The fourth-order valence-corrected chi connectivity index (χ4v) is 0.476. The van der Waals surface area contributed by atoms with Gasteiger partial charge in [-0.05, 0) is 12.1 Å². The molecule has 0 aliphatic carbocycles. The zero-order valence-corrected chi connectivity index (χ0v) is 5.55. The van der Waals surface area contributed by atoms with Gasteiger partial charge in [0.1, 0.15) is 11.6 Å². The Bertz CT molecular complexity index is 181. The van der Waals surface area contributed by atoms with E-state index in [0.717, 1.165) is 6.07 Å². The molecule has 10 heavy (non-hydrogen) atoms. The summed E-state index contributed by atoms with van der Waals surface area (Å²) in [7, 11) is 0. The average Bonchev–Trinajstić information content (AvgIpc) is 1.91. The van der Waals surface area contributed by atoms with E-state index >= 15 is 0 Å². The molecule has 0 unspecified atom stereocenters. The summed E-state index contributed by atoms with van der Waals surface area (Å²) in [6.45, 7) is 6.00. The van der Waals surface area contributed by atoms with Crippen molar-refractivity contribution in [2.45, 2.75) is 0 Å². The van der Waals surface area contributed by atoms with Crippen LogP contribution in [0.15, 0.2) is 37.4 Å². The number of hydrogen-bond donors (Lipinski definition) is 1. The Morgan fingerprint density at radius 3 is 2.20 bits per heavy atom. The molecule has 0 aliphatic rings. The van der Waals surface area contributed by atoms with Crippen LogP contribution in [0.1, 0.15) is 0 Å². The minimum absolute atomic E-state index is 0.0370. The van der Waals surface area contributed by atoms with Crippen molar-refractivity contribution in [2.24, 2.45) is 0 Å². The highest BCUT2D eigenvalue weighted by Crippen LogP contribution is 2.07. The number of phenols is 1. The Kier molecular flexibility index (Phi) is 3.96. The minimum Gasteiger partial charge on any atom is -0.508 e. The maximum atomic E-state index is 12.0. The van der Waals surface area contributed by atoms with Crippen LogP contribution < -0.4 is 0 Å². The molecule has 1 nitrogen and oxygen atoms in total. The van der Waals surface area contributed by atoms with Crippen LogP contribution in [0.5, 0.6) is 5.75 Å². The van der Waals surface area contributed by atoms with Gasteiger partial charge in [0.25, 0.3) is 0 Å². The highest BCUT2D eigenvalue weighted by molar-refractivity contribution is 5.20. The zero-order chi connectivity index (χ0) is 7.98. The molecule has 1 rings (SSSR count). The third-order valence-electron chi connectivity index (χ3n) is 0.808. The lowest BCUT2D eigenvalue weighted by molar-refractivity contribution is 0.469. The third kappa shape index (κ3) is 2.87. The van der Waals surface area contributed by atoms with Crippen LogP contribution in [0.25, 0.3) is 0 Å². The lowest BCUT2D eigenvalue weighted by Crippen LogP contribution is -1.68. The van der Waals surface area contributed by atoms with E-state index in [4.69, 9.17) is 5.11 Å². The summed E-state index contributed by atoms with van der Waals surface area (Å²) >= 11 is 0. The van der Waals surface area contributed by atoms with Crippen molar-refractivity contribution in [2.75, 3.05) is 0 Å². The van der Waals surface area contributed by atoms with E-state index in [-0.39, 0.29) is 5.75 Å². The highest BCUT2D eigenvalue weighted by Gasteiger charge is 1.86. The Labute approximate surface area is 59.4 Å². The van der Waals surface area contributed by atoms with Gasteiger partial charge in [-0.3, -0.25) is 0 Å². The molecule has 0 saturated heterocycles. The van der Waals surface area contributed by atoms with Crippen LogP contribution in [-0.2, 0) is 0 Å². The number of aromatic hydroxyl groups is 1. The van der Waals surface area contributed by atoms with E-state index in [2.05, 4.69) is 13.2 Å². The van der Waals surface area contributed by atoms with Gasteiger partial charge in [0, 0.05) is 6.07 Å². The number of rotatable bonds is 0. The van der Waals surface area contributed by atoms with Gasteiger partial charge in [-0.1, -0.05) is 6.07 Å². The Morgan fingerprint density at radius 1 is 1.30 bits per heavy atom. The second-order valence-electron chi connectivity index (χ2n) is 1.48. The molecule has 0 radical (unpaired) electrons. The van der Waals surface area contributed by atoms with Gasteiger partial charge in [-0.25, -0.2) is 4.39 Å². The van der Waals surface area contributed by atoms with Gasteiger partial charge in [-0.2, -0.15) is 0 Å². The molecule has 0 spiro atoms. The highest BCUT2D eigenvalue weighted by atomic mass is 19.1. The van der Waals surface area contributed by atoms with Crippen LogP contribution in [0.3, 0.4) is 0 Å². The van der Waals surface area contributed by atoms with Crippen molar-refractivity contribution in [3.05, 3.63) is 43.2 Å². The average molecular weight is 140 g/mol. The van der Waals surface area contributed by atoms with Crippen molar-refractivity contribution < 1.29 is 9.50 Å². The molecule has 1 N–H and O–H groups in total. The molecule has 1 aromatic rings. The van der Waals surface area contributed by atoms with Gasteiger partial charge < -0.3 is 5.11 Å². The number of benzene rings is 1. The van der Waals surface area contributed by atoms with Crippen molar-refractivity contribution in [3.8, 4) is 5.75 Å². The van der Waals surface area contributed by atoms with Gasteiger partial charge in [-0.15, -0.1) is 13.2 Å². The predicted octanol–water partition coefficient (Wildman–Crippen LogP) is 2.33. The Hall–Kier alpha value is -1.31. The molecule has 0 bridgehead atoms. The van der Waals surface area contributed by atoms with E-state index in [9.17, 15) is 4.39 Å². The number of halogens is 1. The summed E-state index contributed by atoms with van der Waals surface area (Å²) in [5.74, 6) is -0.449. The summed E-state index contributed by atoms with van der Waals surface area (Å²) in [6, 6.07) is 5.20. The van der Waals surface area contributed by atoms with Gasteiger partial charge >= 0.3 is 0 Å². The molecule has 0 aromatic heterocycles. The minimum atomic E-state index is -0.412. The first-order valence-corrected chi connectivity index (χ1v) is 2.73. The van der Waals surface area contributed by atoms with E-state index < -0.39 is 5.82 Å². The van der Waals surface area contributed by atoms with Crippen LogP contribution in [0.2, 0.25) is 0 Å². The summed E-state index contributed by atoms with van der Waals surface area (Å²) in [4.78, 5) is 0. The maximum absolute atomic E-state index is 12.0. The molecule has 2 heteroatoms. The zero-order valence-electron chi connectivity index (χ0n) is 5.55. The first kappa shape index (κ1) is 8.69. The lowest BCUT2D eigenvalue weighted by Gasteiger charge is -1.86. The topological polar surface area (TPSA) is 20.2 Å². The fourth-order valence-electron chi connectivity index (χ4n) is 0.476. The first-order chi connectivity index (χ1) is 4.79. The van der Waals surface area contributed by atoms with Crippen molar-refractivity contribution in [3.63, 3.8) is 0 Å². The van der Waals surface area contributed by atoms with Gasteiger partial charge in [0.05, 0.1) is 0 Å². The Balaban J connectivity index is 0.000000371. The van der Waals surface area contributed by atoms with Gasteiger partial charge in [0.2, 0.25) is 0 Å². The SMILES string of the molecule is C=C.Oc1cccc(F)c1. The summed E-state index contributed by atoms with van der Waals surface area (Å²) in [6.07, 6.45) is 0. The lowest BCUT2D eigenvalue weighted by atomic mass is 10.3. The maximum Gasteiger partial charge on any atom is 0.126 e. The second kappa shape index (κ2) is 4.56. The van der Waals surface area contributed by atoms with Crippen LogP contribution in [0.4, 0.5) is 4.39 Å². The number of hydrogen-bond acceptors (Lipinski definition) is 1. The molecule has 54 valence electrons. The standard InChI is InChI=1S/C6H5FO.C2H4/c7-5-2-1-3-6(8)4-5;1-2/h1-4,8H;1-2H2. The molecule has 1 aromatic carbocycles. The Morgan fingerprint density at radius 2 is 1.90 bits per heavy atom. The monoisotopic (exact) mass is 140 g/mol.